The van der Waals surface area contributed by atoms with E-state index in [1.165, 1.54) is 6.92 Å². The van der Waals surface area contributed by atoms with E-state index in [9.17, 15) is 18.9 Å². The number of rotatable bonds is 4. The number of hydrogen-bond acceptors (Lipinski definition) is 5. The molecule has 2 saturated heterocycles. The molecular weight excluding hydrogens is 329 g/mol. The van der Waals surface area contributed by atoms with Crippen molar-refractivity contribution in [3.63, 3.8) is 0 Å². The molecule has 2 N–H and O–H groups in total. The van der Waals surface area contributed by atoms with Gasteiger partial charge in [-0.3, -0.25) is 9.59 Å². The van der Waals surface area contributed by atoms with Gasteiger partial charge in [0.15, 0.2) is 5.78 Å². The summed E-state index contributed by atoms with van der Waals surface area (Å²) < 4.78 is 19.2. The minimum absolute atomic E-state index is 0.0114. The van der Waals surface area contributed by atoms with Crippen LogP contribution in [-0.2, 0) is 14.3 Å². The van der Waals surface area contributed by atoms with Gasteiger partial charge in [-0.25, -0.2) is 4.79 Å². The van der Waals surface area contributed by atoms with Crippen LogP contribution in [0.15, 0.2) is 24.3 Å². The highest BCUT2D eigenvalue weighted by molar-refractivity contribution is 5.89. The van der Waals surface area contributed by atoms with Crippen molar-refractivity contribution >= 4 is 23.5 Å². The lowest BCUT2D eigenvalue weighted by atomic mass is 9.92. The number of nitrogens with zero attached hydrogens (tertiary/aromatic N) is 2. The molecule has 0 spiro atoms. The maximum atomic E-state index is 14.2. The fraction of sp³-hybridized carbons (Fsp3) is 0.471. The average molecular weight is 349 g/mol. The van der Waals surface area contributed by atoms with Crippen LogP contribution < -0.4 is 10.6 Å². The van der Waals surface area contributed by atoms with Crippen LogP contribution in [0.2, 0.25) is 0 Å². The van der Waals surface area contributed by atoms with Gasteiger partial charge in [0.2, 0.25) is 5.91 Å². The number of ketones is 1. The number of nitrogens with two attached hydrogens (primary N) is 1. The molecule has 0 aliphatic carbocycles. The van der Waals surface area contributed by atoms with Crippen molar-refractivity contribution in [2.24, 2.45) is 17.6 Å². The van der Waals surface area contributed by atoms with E-state index in [2.05, 4.69) is 0 Å². The number of ether oxygens (including phenoxy) is 1. The Morgan fingerprint density at radius 3 is 2.48 bits per heavy atom. The summed E-state index contributed by atoms with van der Waals surface area (Å²) in [5.74, 6) is -1.32. The lowest BCUT2D eigenvalue weighted by molar-refractivity contribution is -0.124. The van der Waals surface area contributed by atoms with Crippen molar-refractivity contribution in [2.75, 3.05) is 18.0 Å². The Labute approximate surface area is 144 Å². The van der Waals surface area contributed by atoms with Crippen molar-refractivity contribution < 1.29 is 23.6 Å². The molecule has 4 unspecified atom stereocenters. The van der Waals surface area contributed by atoms with Crippen molar-refractivity contribution in [3.8, 4) is 0 Å². The van der Waals surface area contributed by atoms with Gasteiger partial charge in [-0.2, -0.15) is 0 Å². The van der Waals surface area contributed by atoms with Crippen LogP contribution >= 0.6 is 0 Å². The number of halogens is 1. The number of amides is 2. The van der Waals surface area contributed by atoms with Gasteiger partial charge in [0.25, 0.3) is 0 Å². The Morgan fingerprint density at radius 1 is 1.32 bits per heavy atom. The Balaban J connectivity index is 1.83. The van der Waals surface area contributed by atoms with E-state index in [4.69, 9.17) is 10.5 Å². The highest BCUT2D eigenvalue weighted by Crippen LogP contribution is 2.38. The van der Waals surface area contributed by atoms with Gasteiger partial charge >= 0.3 is 6.09 Å². The van der Waals surface area contributed by atoms with Crippen LogP contribution in [0.5, 0.6) is 0 Å². The molecule has 134 valence electrons. The summed E-state index contributed by atoms with van der Waals surface area (Å²) >= 11 is 0. The Bertz CT molecular complexity index is 708. The van der Waals surface area contributed by atoms with Gasteiger partial charge in [-0.05, 0) is 24.6 Å². The summed E-state index contributed by atoms with van der Waals surface area (Å²) in [6, 6.07) is 5.83. The molecule has 2 aliphatic rings. The standard InChI is InChI=1S/C17H20FN3O4/c1-9-7-20(8-13(9)22)12-5-3-11(4-6-12)14-15(10(2)16(19)23)25-17(24)21(14)18/h3-6,9-10,14-15H,7-8H2,1-2H3,(H2,19,23). The topological polar surface area (TPSA) is 92.9 Å². The Morgan fingerprint density at radius 2 is 1.96 bits per heavy atom. The zero-order valence-corrected chi connectivity index (χ0v) is 14.0. The second kappa shape index (κ2) is 6.34. The zero-order valence-electron chi connectivity index (χ0n) is 14.0. The third-order valence-corrected chi connectivity index (χ3v) is 4.90. The molecule has 2 heterocycles. The number of cyclic esters (lactones) is 1. The normalized spacial score (nSPS) is 27.6. The zero-order chi connectivity index (χ0) is 18.3. The Hall–Kier alpha value is -2.64. The van der Waals surface area contributed by atoms with E-state index in [1.807, 2.05) is 11.8 Å². The number of benzene rings is 1. The van der Waals surface area contributed by atoms with Crippen molar-refractivity contribution in [1.82, 2.24) is 5.12 Å². The molecule has 2 aliphatic heterocycles. The molecular formula is C17H20FN3O4. The largest absolute Gasteiger partial charge is 0.441 e. The first kappa shape index (κ1) is 17.2. The van der Waals surface area contributed by atoms with Crippen LogP contribution in [0, 0.1) is 11.8 Å². The molecule has 4 atom stereocenters. The van der Waals surface area contributed by atoms with E-state index in [0.29, 0.717) is 18.7 Å². The fourth-order valence-corrected chi connectivity index (χ4v) is 3.25. The first-order chi connectivity index (χ1) is 11.8. The van der Waals surface area contributed by atoms with Gasteiger partial charge in [0.05, 0.1) is 12.5 Å². The maximum Gasteiger partial charge on any atom is 0.439 e. The van der Waals surface area contributed by atoms with E-state index < -0.39 is 30.1 Å². The van der Waals surface area contributed by atoms with E-state index in [-0.39, 0.29) is 16.8 Å². The number of carbonyl (C=O) groups excluding carboxylic acids is 3. The fourth-order valence-electron chi connectivity index (χ4n) is 3.25. The van der Waals surface area contributed by atoms with E-state index in [0.717, 1.165) is 5.69 Å². The Kier molecular flexibility index (Phi) is 4.36. The molecule has 25 heavy (non-hydrogen) atoms. The average Bonchev–Trinajstić information content (AvgIpc) is 3.07. The van der Waals surface area contributed by atoms with Crippen LogP contribution in [0.25, 0.3) is 0 Å². The number of hydrogen-bond donors (Lipinski definition) is 1. The number of primary amides is 1. The molecule has 0 bridgehead atoms. The lowest BCUT2D eigenvalue weighted by Gasteiger charge is -2.23. The molecule has 3 rings (SSSR count). The second-order valence-electron chi connectivity index (χ2n) is 6.63. The minimum atomic E-state index is -1.13. The van der Waals surface area contributed by atoms with Crippen molar-refractivity contribution in [2.45, 2.75) is 26.0 Å². The van der Waals surface area contributed by atoms with Crippen molar-refractivity contribution in [1.29, 1.82) is 0 Å². The van der Waals surface area contributed by atoms with Crippen LogP contribution in [0.1, 0.15) is 25.5 Å². The number of carbonyl (C=O) groups is 3. The molecule has 1 aromatic carbocycles. The van der Waals surface area contributed by atoms with Gasteiger partial charge in [-0.15, -0.1) is 5.12 Å². The van der Waals surface area contributed by atoms with E-state index >= 15 is 0 Å². The first-order valence-corrected chi connectivity index (χ1v) is 8.12. The molecule has 8 heteroatoms. The molecule has 1 aromatic rings. The lowest BCUT2D eigenvalue weighted by Crippen LogP contribution is -2.35. The predicted octanol–water partition coefficient (Wildman–Crippen LogP) is 1.58. The number of Topliss-reactive ketones (excluding diaryl/α,β-unsaturated/α-hetero) is 1. The van der Waals surface area contributed by atoms with E-state index in [1.54, 1.807) is 24.3 Å². The van der Waals surface area contributed by atoms with Crippen LogP contribution in [-0.4, -0.2) is 42.1 Å². The third-order valence-electron chi connectivity index (χ3n) is 4.90. The maximum absolute atomic E-state index is 14.2. The summed E-state index contributed by atoms with van der Waals surface area (Å²) in [5, 5.41) is -0.0133. The SMILES string of the molecule is CC1CN(c2ccc(C3C(C(C)C(N)=O)OC(=O)N3F)cc2)CC1=O. The van der Waals surface area contributed by atoms with Crippen LogP contribution in [0.4, 0.5) is 15.0 Å². The molecule has 0 saturated carbocycles. The number of anilines is 1. The molecule has 2 amide bonds. The molecule has 2 fully saturated rings. The third kappa shape index (κ3) is 3.04. The summed E-state index contributed by atoms with van der Waals surface area (Å²) in [6.07, 6.45) is -2.12. The summed E-state index contributed by atoms with van der Waals surface area (Å²) in [5.41, 5.74) is 6.61. The van der Waals surface area contributed by atoms with Gasteiger partial charge in [0, 0.05) is 18.2 Å². The highest BCUT2D eigenvalue weighted by atomic mass is 19.2. The molecule has 0 radical (unpaired) electrons. The highest BCUT2D eigenvalue weighted by Gasteiger charge is 2.47. The van der Waals surface area contributed by atoms with Gasteiger partial charge in [-0.1, -0.05) is 23.5 Å². The molecule has 0 aromatic heterocycles. The van der Waals surface area contributed by atoms with Gasteiger partial charge < -0.3 is 15.4 Å². The predicted molar refractivity (Wildman–Crippen MR) is 87.1 cm³/mol. The minimum Gasteiger partial charge on any atom is -0.441 e. The summed E-state index contributed by atoms with van der Waals surface area (Å²) in [6.45, 7) is 4.37. The van der Waals surface area contributed by atoms with Crippen LogP contribution in [0.3, 0.4) is 0 Å². The first-order valence-electron chi connectivity index (χ1n) is 8.12. The van der Waals surface area contributed by atoms with Crippen molar-refractivity contribution in [3.05, 3.63) is 29.8 Å². The molecule has 7 nitrogen and oxygen atoms in total. The second-order valence-corrected chi connectivity index (χ2v) is 6.63. The summed E-state index contributed by atoms with van der Waals surface area (Å²) in [7, 11) is 0. The smallest absolute Gasteiger partial charge is 0.439 e. The summed E-state index contributed by atoms with van der Waals surface area (Å²) in [4.78, 5) is 36.6. The quantitative estimate of drug-likeness (QED) is 0.833. The van der Waals surface area contributed by atoms with Gasteiger partial charge in [0.1, 0.15) is 12.1 Å². The monoisotopic (exact) mass is 349 g/mol.